The van der Waals surface area contributed by atoms with Crippen LogP contribution in [0.3, 0.4) is 0 Å². The number of ether oxygens (including phenoxy) is 1. The van der Waals surface area contributed by atoms with Crippen molar-refractivity contribution in [2.75, 3.05) is 6.61 Å². The van der Waals surface area contributed by atoms with Crippen LogP contribution in [0.4, 0.5) is 0 Å². The first kappa shape index (κ1) is 37.3. The Morgan fingerprint density at radius 3 is 2.25 bits per heavy atom. The van der Waals surface area contributed by atoms with Crippen LogP contribution < -0.4 is 10.4 Å². The molecule has 1 heterocycles. The van der Waals surface area contributed by atoms with Crippen LogP contribution in [0.2, 0.25) is 12.1 Å². The Hall–Kier alpha value is -1.94. The number of hydrogen-bond donors (Lipinski definition) is 0. The van der Waals surface area contributed by atoms with Gasteiger partial charge in [0.1, 0.15) is 0 Å². The molecule has 0 fully saturated rings. The van der Waals surface area contributed by atoms with Gasteiger partial charge in [-0.1, -0.05) is 94.4 Å². The molecular formula is C42H51Cl2NOSiZr. The minimum absolute atomic E-state index is 0.0284. The molecule has 0 atom stereocenters. The summed E-state index contributed by atoms with van der Waals surface area (Å²) < 4.78 is 8.22. The van der Waals surface area contributed by atoms with E-state index in [1.54, 1.807) is 10.4 Å². The van der Waals surface area contributed by atoms with E-state index in [0.717, 1.165) is 13.0 Å². The third-order valence-corrected chi connectivity index (χ3v) is 15.8. The third-order valence-electron chi connectivity index (χ3n) is 10.3. The molecule has 0 N–H and O–H groups in total. The number of aryl methyl sites for hydroxylation is 3. The molecule has 0 saturated carbocycles. The third kappa shape index (κ3) is 7.84. The maximum absolute atomic E-state index is 5.90. The van der Waals surface area contributed by atoms with Crippen LogP contribution in [-0.4, -0.2) is 24.8 Å². The molecule has 0 bridgehead atoms. The Bertz CT molecular complexity index is 1960. The Kier molecular flexibility index (Phi) is 12.7. The van der Waals surface area contributed by atoms with Gasteiger partial charge in [0.2, 0.25) is 0 Å². The van der Waals surface area contributed by atoms with E-state index in [0.29, 0.717) is 0 Å². The van der Waals surface area contributed by atoms with E-state index in [2.05, 4.69) is 138 Å². The summed E-state index contributed by atoms with van der Waals surface area (Å²) in [5.41, 5.74) is 8.20. The van der Waals surface area contributed by atoms with Gasteiger partial charge in [-0.25, -0.2) is 6.07 Å². The van der Waals surface area contributed by atoms with E-state index < -0.39 is 28.9 Å². The van der Waals surface area contributed by atoms with E-state index in [9.17, 15) is 0 Å². The average Bonchev–Trinajstić information content (AvgIpc) is 3.76. The second kappa shape index (κ2) is 16.4. The molecule has 0 aliphatic carbocycles. The molecule has 0 amide bonds. The van der Waals surface area contributed by atoms with Gasteiger partial charge in [-0.2, -0.15) is 28.9 Å². The van der Waals surface area contributed by atoms with Gasteiger partial charge in [-0.3, -0.25) is 0 Å². The number of benzene rings is 3. The van der Waals surface area contributed by atoms with E-state index >= 15 is 0 Å². The number of aromatic nitrogens is 1. The predicted molar refractivity (Wildman–Crippen MR) is 211 cm³/mol. The van der Waals surface area contributed by atoms with Crippen molar-refractivity contribution in [3.8, 4) is 11.1 Å². The van der Waals surface area contributed by atoms with Crippen molar-refractivity contribution in [1.29, 1.82) is 0 Å². The van der Waals surface area contributed by atoms with Crippen molar-refractivity contribution < 1.29 is 25.6 Å². The molecule has 2 nitrogen and oxygen atoms in total. The van der Waals surface area contributed by atoms with E-state index in [-0.39, 0.29) is 5.60 Å². The maximum atomic E-state index is 5.90. The summed E-state index contributed by atoms with van der Waals surface area (Å²) in [6, 6.07) is 35.3. The molecule has 48 heavy (non-hydrogen) atoms. The first-order chi connectivity index (χ1) is 23.1. The number of para-hydroxylation sites is 1. The number of halogens is 2. The standard InChI is InChI=1S/C42H51NOSi.2ClH.Zr/c1-8-45(9-2,33-24-22-31(28-33)17-12-10-11-15-26-44-42(4,5)6)41-30(3)27-37-34(19-16-20-36(37)41)32-23-25-40-38(29-32)35-18-13-14-21-39(35)43(40)7;;;/h13-14,16,18-25,27-29H,8-12,15,17,26H2,1-7H3;2*1H;/q-2;;;+4/p-2. The zero-order valence-corrected chi connectivity index (χ0v) is 34.8. The van der Waals surface area contributed by atoms with Crippen LogP contribution in [0, 0.1) is 6.92 Å². The second-order valence-corrected chi connectivity index (χ2v) is 22.7. The van der Waals surface area contributed by atoms with Gasteiger partial charge in [0.05, 0.1) is 5.60 Å². The van der Waals surface area contributed by atoms with Crippen LogP contribution in [0.5, 0.6) is 0 Å². The molecule has 0 aliphatic rings. The van der Waals surface area contributed by atoms with Crippen LogP contribution in [0.1, 0.15) is 71.4 Å². The van der Waals surface area contributed by atoms with E-state index in [1.807, 2.05) is 0 Å². The number of rotatable bonds is 12. The summed E-state index contributed by atoms with van der Waals surface area (Å²) in [5.74, 6) is 0. The van der Waals surface area contributed by atoms with Crippen LogP contribution in [-0.2, 0) is 39.1 Å². The molecule has 6 rings (SSSR count). The Balaban J connectivity index is 0.00000145. The van der Waals surface area contributed by atoms with Gasteiger partial charge in [0, 0.05) is 43.5 Å². The first-order valence-electron chi connectivity index (χ1n) is 17.6. The molecule has 1 aromatic heterocycles. The molecule has 0 aliphatic heterocycles. The molecule has 6 aromatic rings. The fourth-order valence-corrected chi connectivity index (χ4v) is 12.7. The second-order valence-electron chi connectivity index (χ2n) is 14.3. The molecular weight excluding hydrogens is 725 g/mol. The quantitative estimate of drug-likeness (QED) is 0.0686. The summed E-state index contributed by atoms with van der Waals surface area (Å²) in [6.45, 7) is 14.5. The van der Waals surface area contributed by atoms with Crippen molar-refractivity contribution in [1.82, 2.24) is 4.57 Å². The van der Waals surface area contributed by atoms with Crippen LogP contribution in [0.25, 0.3) is 43.7 Å². The summed E-state index contributed by atoms with van der Waals surface area (Å²) in [4.78, 5) is 0. The first-order valence-corrected chi connectivity index (χ1v) is 26.4. The number of nitrogens with zero attached hydrogens (tertiary/aromatic N) is 1. The predicted octanol–water partition coefficient (Wildman–Crippen LogP) is 11.8. The SMILES string of the molecule is CC[Si](CC)([c-]1ccc(CCCCCCOC(C)(C)C)c1)[c-]1c(C)cc2c(-c3ccc4c(c3)c3ccccc3n4C)cccc21.[Cl][Zr+2][Cl]. The van der Waals surface area contributed by atoms with Gasteiger partial charge in [-0.05, 0) is 51.0 Å². The number of fused-ring (bicyclic) bond motifs is 4. The molecule has 5 aromatic carbocycles. The molecule has 0 radical (unpaired) electrons. The van der Waals surface area contributed by atoms with Gasteiger partial charge < -0.3 is 9.30 Å². The Morgan fingerprint density at radius 1 is 0.812 bits per heavy atom. The van der Waals surface area contributed by atoms with Crippen LogP contribution >= 0.6 is 17.0 Å². The number of unbranched alkanes of at least 4 members (excludes halogenated alkanes) is 3. The molecule has 6 heteroatoms. The van der Waals surface area contributed by atoms with E-state index in [1.165, 1.54) is 92.6 Å². The van der Waals surface area contributed by atoms with Gasteiger partial charge in [0.15, 0.2) is 0 Å². The summed E-state index contributed by atoms with van der Waals surface area (Å²) in [6.07, 6.45) is 6.12. The van der Waals surface area contributed by atoms with Crippen molar-refractivity contribution in [2.45, 2.75) is 91.3 Å². The summed E-state index contributed by atoms with van der Waals surface area (Å²) in [7, 11) is 10.1. The summed E-state index contributed by atoms with van der Waals surface area (Å²) in [5, 5.41) is 8.82. The Labute approximate surface area is 308 Å². The molecule has 0 spiro atoms. The van der Waals surface area contributed by atoms with Gasteiger partial charge in [-0.15, -0.1) is 33.7 Å². The zero-order valence-electron chi connectivity index (χ0n) is 29.9. The monoisotopic (exact) mass is 773 g/mol. The molecule has 0 unspecified atom stereocenters. The molecule has 0 saturated heterocycles. The van der Waals surface area contributed by atoms with Crippen LogP contribution in [0.15, 0.2) is 84.9 Å². The average molecular weight is 776 g/mol. The Morgan fingerprint density at radius 2 is 1.52 bits per heavy atom. The van der Waals surface area contributed by atoms with Gasteiger partial charge in [0.25, 0.3) is 0 Å². The van der Waals surface area contributed by atoms with Gasteiger partial charge >= 0.3 is 37.9 Å². The topological polar surface area (TPSA) is 14.2 Å². The minimum atomic E-state index is -1.94. The fraction of sp³-hybridized carbons (Fsp3) is 0.381. The van der Waals surface area contributed by atoms with Crippen molar-refractivity contribution >= 4 is 68.1 Å². The fourth-order valence-electron chi connectivity index (χ4n) is 7.93. The van der Waals surface area contributed by atoms with E-state index in [4.69, 9.17) is 21.8 Å². The molecule has 252 valence electrons. The summed E-state index contributed by atoms with van der Waals surface area (Å²) >= 11 is -0.826. The normalized spacial score (nSPS) is 12.1. The zero-order chi connectivity index (χ0) is 34.5. The number of hydrogen-bond acceptors (Lipinski definition) is 1. The van der Waals surface area contributed by atoms with Crippen molar-refractivity contribution in [3.63, 3.8) is 0 Å². The van der Waals surface area contributed by atoms with Crippen molar-refractivity contribution in [3.05, 3.63) is 96.1 Å². The van der Waals surface area contributed by atoms with Crippen molar-refractivity contribution in [2.24, 2.45) is 7.05 Å².